The molecule has 7 aromatic rings. The topological polar surface area (TPSA) is 95.7 Å². The highest BCUT2D eigenvalue weighted by atomic mass is 16.5. The van der Waals surface area contributed by atoms with Gasteiger partial charge in [-0.05, 0) is 70.4 Å². The van der Waals surface area contributed by atoms with Gasteiger partial charge in [-0.15, -0.1) is 0 Å². The zero-order valence-corrected chi connectivity index (χ0v) is 24.1. The Balaban J connectivity index is 1.35. The molecule has 0 aliphatic rings. The number of para-hydroxylation sites is 1. The van der Waals surface area contributed by atoms with Gasteiger partial charge in [0.2, 0.25) is 0 Å². The van der Waals surface area contributed by atoms with Gasteiger partial charge >= 0.3 is 0 Å². The molecule has 2 N–H and O–H groups in total. The smallest absolute Gasteiger partial charge is 0.251 e. The van der Waals surface area contributed by atoms with Gasteiger partial charge in [0.25, 0.3) is 5.91 Å². The number of rotatable bonds is 8. The van der Waals surface area contributed by atoms with E-state index in [9.17, 15) is 10.1 Å². The molecule has 0 saturated carbocycles. The first kappa shape index (κ1) is 27.0. The Kier molecular flexibility index (Phi) is 7.01. The molecule has 0 radical (unpaired) electrons. The second-order valence-corrected chi connectivity index (χ2v) is 10.9. The molecule has 0 bridgehead atoms. The lowest BCUT2D eigenvalue weighted by Gasteiger charge is -2.21. The number of fused-ring (bicyclic) bond motifs is 3. The fourth-order valence-electron chi connectivity index (χ4n) is 5.87. The first-order valence-corrected chi connectivity index (χ1v) is 14.5. The number of hydrogen-bond acceptors (Lipinski definition) is 4. The van der Waals surface area contributed by atoms with Crippen molar-refractivity contribution in [2.75, 3.05) is 7.11 Å². The molecular weight excluding hydrogens is 546 g/mol. The number of amides is 1. The van der Waals surface area contributed by atoms with Crippen molar-refractivity contribution < 1.29 is 9.53 Å². The van der Waals surface area contributed by atoms with Crippen LogP contribution in [-0.4, -0.2) is 27.6 Å². The van der Waals surface area contributed by atoms with Crippen molar-refractivity contribution in [1.82, 2.24) is 19.9 Å². The molecule has 0 spiro atoms. The van der Waals surface area contributed by atoms with Crippen molar-refractivity contribution in [3.8, 4) is 11.8 Å². The van der Waals surface area contributed by atoms with Gasteiger partial charge in [-0.3, -0.25) is 4.79 Å². The number of carbonyl (C=O) groups excluding carboxylic acids is 1. The zero-order valence-electron chi connectivity index (χ0n) is 24.1. The molecule has 1 atom stereocenters. The lowest BCUT2D eigenvalue weighted by molar-refractivity contribution is 0.0934. The summed E-state index contributed by atoms with van der Waals surface area (Å²) in [5, 5.41) is 16.0. The van der Waals surface area contributed by atoms with Crippen LogP contribution in [0.5, 0.6) is 5.75 Å². The number of H-pyrrole nitrogens is 1. The van der Waals surface area contributed by atoms with Gasteiger partial charge in [0, 0.05) is 41.7 Å². The second-order valence-electron chi connectivity index (χ2n) is 10.9. The zero-order chi connectivity index (χ0) is 30.0. The molecule has 7 rings (SSSR count). The Bertz CT molecular complexity index is 2190. The number of aromatic nitrogens is 3. The molecule has 1 unspecified atom stereocenters. The van der Waals surface area contributed by atoms with Crippen LogP contribution in [0, 0.1) is 11.3 Å². The molecule has 0 fully saturated rings. The highest BCUT2D eigenvalue weighted by Crippen LogP contribution is 2.30. The first-order valence-electron chi connectivity index (χ1n) is 14.5. The van der Waals surface area contributed by atoms with Crippen molar-refractivity contribution >= 4 is 38.6 Å². The number of nitriles is 1. The maximum Gasteiger partial charge on any atom is 0.251 e. The molecule has 214 valence electrons. The van der Waals surface area contributed by atoms with Crippen LogP contribution in [0.3, 0.4) is 0 Å². The third-order valence-electron chi connectivity index (χ3n) is 8.13. The quantitative estimate of drug-likeness (QED) is 0.199. The number of ether oxygens (including phenoxy) is 1. The molecule has 7 heteroatoms. The molecule has 44 heavy (non-hydrogen) atoms. The highest BCUT2D eigenvalue weighted by molar-refractivity contribution is 5.94. The van der Waals surface area contributed by atoms with Crippen molar-refractivity contribution in [2.45, 2.75) is 19.0 Å². The summed E-state index contributed by atoms with van der Waals surface area (Å²) < 4.78 is 7.77. The monoisotopic (exact) mass is 575 g/mol. The fourth-order valence-corrected chi connectivity index (χ4v) is 5.87. The largest absolute Gasteiger partial charge is 0.497 e. The molecule has 2 heterocycles. The molecule has 2 aromatic heterocycles. The van der Waals surface area contributed by atoms with E-state index >= 15 is 0 Å². The molecule has 5 aromatic carbocycles. The van der Waals surface area contributed by atoms with Crippen LogP contribution in [0.15, 0.2) is 115 Å². The van der Waals surface area contributed by atoms with E-state index in [2.05, 4.69) is 57.3 Å². The van der Waals surface area contributed by atoms with E-state index in [0.717, 1.165) is 50.0 Å². The van der Waals surface area contributed by atoms with Gasteiger partial charge in [-0.25, -0.2) is 4.98 Å². The van der Waals surface area contributed by atoms with E-state index in [0.29, 0.717) is 24.1 Å². The second kappa shape index (κ2) is 11.4. The number of imidazole rings is 1. The number of carbonyl (C=O) groups is 1. The standard InChI is InChI=1S/C37H29N5O2/c1-44-30-16-17-33-35(20-30)42(23-25-12-13-26-6-2-3-7-28(26)18-25)36(40-33)34(19-29-22-39-32-9-5-4-8-31(29)32)41-37(43)27-14-10-24(21-38)11-15-27/h2-18,20,22,34,39H,19,23H2,1H3,(H,41,43). The molecule has 0 aliphatic carbocycles. The van der Waals surface area contributed by atoms with Crippen LogP contribution in [-0.2, 0) is 13.0 Å². The van der Waals surface area contributed by atoms with Crippen LogP contribution < -0.4 is 10.1 Å². The minimum atomic E-state index is -0.462. The highest BCUT2D eigenvalue weighted by Gasteiger charge is 2.25. The average molecular weight is 576 g/mol. The van der Waals surface area contributed by atoms with Gasteiger partial charge in [-0.1, -0.05) is 54.6 Å². The van der Waals surface area contributed by atoms with Crippen LogP contribution in [0.1, 0.15) is 38.9 Å². The van der Waals surface area contributed by atoms with E-state index in [-0.39, 0.29) is 5.91 Å². The van der Waals surface area contributed by atoms with E-state index in [1.165, 1.54) is 5.39 Å². The maximum atomic E-state index is 13.7. The summed E-state index contributed by atoms with van der Waals surface area (Å²) in [6, 6.07) is 37.1. The average Bonchev–Trinajstić information content (AvgIpc) is 3.65. The first-order chi connectivity index (χ1) is 21.6. The van der Waals surface area contributed by atoms with Crippen molar-refractivity contribution in [3.05, 3.63) is 143 Å². The lowest BCUT2D eigenvalue weighted by atomic mass is 10.0. The van der Waals surface area contributed by atoms with Crippen LogP contribution >= 0.6 is 0 Å². The number of nitrogens with one attached hydrogen (secondary N) is 2. The molecular formula is C37H29N5O2. The summed E-state index contributed by atoms with van der Waals surface area (Å²) in [4.78, 5) is 22.2. The number of benzene rings is 5. The Hall–Kier alpha value is -5.87. The summed E-state index contributed by atoms with van der Waals surface area (Å²) in [6.07, 6.45) is 2.52. The third kappa shape index (κ3) is 5.14. The molecule has 0 saturated heterocycles. The van der Waals surface area contributed by atoms with Crippen molar-refractivity contribution in [3.63, 3.8) is 0 Å². The van der Waals surface area contributed by atoms with Crippen LogP contribution in [0.2, 0.25) is 0 Å². The summed E-state index contributed by atoms with van der Waals surface area (Å²) in [7, 11) is 1.66. The molecule has 7 nitrogen and oxygen atoms in total. The number of methoxy groups -OCH3 is 1. The predicted octanol–water partition coefficient (Wildman–Crippen LogP) is 7.31. The van der Waals surface area contributed by atoms with E-state index < -0.39 is 6.04 Å². The molecule has 0 aliphatic heterocycles. The Morgan fingerprint density at radius 3 is 2.57 bits per heavy atom. The lowest BCUT2D eigenvalue weighted by Crippen LogP contribution is -2.32. The van der Waals surface area contributed by atoms with E-state index in [1.807, 2.05) is 54.7 Å². The Morgan fingerprint density at radius 1 is 0.955 bits per heavy atom. The van der Waals surface area contributed by atoms with Gasteiger partial charge in [0.15, 0.2) is 0 Å². The SMILES string of the molecule is COc1ccc2nc(C(Cc3c[nH]c4ccccc34)NC(=O)c3ccc(C#N)cc3)n(Cc3ccc4ccccc4c3)c2c1. The number of hydrogen-bond donors (Lipinski definition) is 2. The number of nitrogens with zero attached hydrogens (tertiary/aromatic N) is 3. The van der Waals surface area contributed by atoms with Gasteiger partial charge in [0.05, 0.1) is 35.8 Å². The van der Waals surface area contributed by atoms with Gasteiger partial charge < -0.3 is 19.6 Å². The van der Waals surface area contributed by atoms with Gasteiger partial charge in [-0.2, -0.15) is 5.26 Å². The van der Waals surface area contributed by atoms with Crippen molar-refractivity contribution in [1.29, 1.82) is 5.26 Å². The van der Waals surface area contributed by atoms with Crippen LogP contribution in [0.25, 0.3) is 32.7 Å². The summed E-state index contributed by atoms with van der Waals surface area (Å²) in [5.41, 5.74) is 5.95. The van der Waals surface area contributed by atoms with E-state index in [1.54, 1.807) is 31.4 Å². The molecule has 1 amide bonds. The van der Waals surface area contributed by atoms with Crippen molar-refractivity contribution in [2.24, 2.45) is 0 Å². The minimum absolute atomic E-state index is 0.235. The van der Waals surface area contributed by atoms with E-state index in [4.69, 9.17) is 9.72 Å². The minimum Gasteiger partial charge on any atom is -0.497 e. The number of aromatic amines is 1. The maximum absolute atomic E-state index is 13.7. The predicted molar refractivity (Wildman–Crippen MR) is 173 cm³/mol. The Labute approximate surface area is 254 Å². The summed E-state index contributed by atoms with van der Waals surface area (Å²) in [6.45, 7) is 0.557. The summed E-state index contributed by atoms with van der Waals surface area (Å²) in [5.74, 6) is 1.24. The third-order valence-corrected chi connectivity index (χ3v) is 8.13. The summed E-state index contributed by atoms with van der Waals surface area (Å²) >= 11 is 0. The normalized spacial score (nSPS) is 11.9. The van der Waals surface area contributed by atoms with Crippen LogP contribution in [0.4, 0.5) is 0 Å². The fraction of sp³-hybridized carbons (Fsp3) is 0.108. The Morgan fingerprint density at radius 2 is 1.75 bits per heavy atom. The van der Waals surface area contributed by atoms with Gasteiger partial charge in [0.1, 0.15) is 11.6 Å².